The zero-order valence-corrected chi connectivity index (χ0v) is 14.1. The summed E-state index contributed by atoms with van der Waals surface area (Å²) in [5.74, 6) is 0.255. The highest BCUT2D eigenvalue weighted by Crippen LogP contribution is 2.19. The topological polar surface area (TPSA) is 88.9 Å². The Balaban J connectivity index is 1.95. The van der Waals surface area contributed by atoms with Crippen LogP contribution in [0.2, 0.25) is 0 Å². The molecule has 0 fully saturated rings. The predicted molar refractivity (Wildman–Crippen MR) is 98.1 cm³/mol. The van der Waals surface area contributed by atoms with Crippen LogP contribution in [0.4, 0.5) is 17.3 Å². The molecule has 1 amide bonds. The highest BCUT2D eigenvalue weighted by molar-refractivity contribution is 5.89. The Morgan fingerprint density at radius 3 is 2.76 bits per heavy atom. The summed E-state index contributed by atoms with van der Waals surface area (Å²) < 4.78 is 1.65. The Hall–Kier alpha value is -3.22. The van der Waals surface area contributed by atoms with Crippen molar-refractivity contribution in [2.45, 2.75) is 26.8 Å². The maximum Gasteiger partial charge on any atom is 0.252 e. The smallest absolute Gasteiger partial charge is 0.252 e. The van der Waals surface area contributed by atoms with Crippen LogP contribution in [0.25, 0.3) is 11.0 Å². The zero-order valence-electron chi connectivity index (χ0n) is 14.1. The lowest BCUT2D eigenvalue weighted by Crippen LogP contribution is -2.20. The molecule has 0 aliphatic rings. The number of nitrogens with one attached hydrogen (secondary N) is 2. The third-order valence-electron chi connectivity index (χ3n) is 3.61. The van der Waals surface area contributed by atoms with E-state index in [2.05, 4.69) is 20.6 Å². The molecule has 3 rings (SSSR count). The lowest BCUT2D eigenvalue weighted by molar-refractivity contribution is -0.114. The van der Waals surface area contributed by atoms with E-state index >= 15 is 0 Å². The molecule has 1 aromatic carbocycles. The molecule has 0 radical (unpaired) electrons. The normalized spacial score (nSPS) is 10.6. The first kappa shape index (κ1) is 16.6. The van der Waals surface area contributed by atoms with E-state index in [0.29, 0.717) is 23.8 Å². The SMILES string of the molecule is CCCn1c(=O)ccc2cnc(Nc3cccc(NC(C)=O)c3)nc21. The maximum atomic E-state index is 12.1. The fourth-order valence-electron chi connectivity index (χ4n) is 2.58. The average Bonchev–Trinajstić information content (AvgIpc) is 2.57. The Morgan fingerprint density at radius 2 is 2.00 bits per heavy atom. The highest BCUT2D eigenvalue weighted by Gasteiger charge is 2.07. The third kappa shape index (κ3) is 3.82. The van der Waals surface area contributed by atoms with E-state index in [4.69, 9.17) is 0 Å². The molecule has 25 heavy (non-hydrogen) atoms. The van der Waals surface area contributed by atoms with Crippen molar-refractivity contribution in [3.8, 4) is 0 Å². The number of benzene rings is 1. The minimum absolute atomic E-state index is 0.0772. The summed E-state index contributed by atoms with van der Waals surface area (Å²) in [6, 6.07) is 10.5. The minimum atomic E-state index is -0.136. The van der Waals surface area contributed by atoms with Crippen molar-refractivity contribution < 1.29 is 4.79 Å². The van der Waals surface area contributed by atoms with Crippen molar-refractivity contribution in [3.05, 3.63) is 52.9 Å². The fraction of sp³-hybridized carbons (Fsp3) is 0.222. The van der Waals surface area contributed by atoms with Gasteiger partial charge in [0.05, 0.1) is 0 Å². The summed E-state index contributed by atoms with van der Waals surface area (Å²) in [7, 11) is 0. The molecule has 128 valence electrons. The van der Waals surface area contributed by atoms with Gasteiger partial charge in [-0.1, -0.05) is 13.0 Å². The van der Waals surface area contributed by atoms with Gasteiger partial charge in [-0.05, 0) is 30.7 Å². The Labute approximate surface area is 144 Å². The van der Waals surface area contributed by atoms with Crippen LogP contribution in [-0.4, -0.2) is 20.4 Å². The second-order valence-corrected chi connectivity index (χ2v) is 5.68. The van der Waals surface area contributed by atoms with Gasteiger partial charge in [0.2, 0.25) is 11.9 Å². The summed E-state index contributed by atoms with van der Waals surface area (Å²) in [4.78, 5) is 32.0. The van der Waals surface area contributed by atoms with E-state index in [1.165, 1.54) is 13.0 Å². The second kappa shape index (κ2) is 7.12. The summed E-state index contributed by atoms with van der Waals surface area (Å²) in [6.45, 7) is 4.07. The molecule has 7 nitrogen and oxygen atoms in total. The number of pyridine rings is 1. The van der Waals surface area contributed by atoms with Crippen LogP contribution < -0.4 is 16.2 Å². The predicted octanol–water partition coefficient (Wildman–Crippen LogP) is 2.90. The molecule has 0 saturated heterocycles. The number of rotatable bonds is 5. The van der Waals surface area contributed by atoms with Crippen LogP contribution in [0.5, 0.6) is 0 Å². The standard InChI is InChI=1S/C18H19N5O2/c1-3-9-23-16(25)8-7-13-11-19-18(22-17(13)23)21-15-6-4-5-14(10-15)20-12(2)24/h4-8,10-11H,3,9H2,1-2H3,(H,20,24)(H,19,21,22). The molecule has 0 bridgehead atoms. The molecule has 0 aliphatic heterocycles. The van der Waals surface area contributed by atoms with Crippen LogP contribution in [-0.2, 0) is 11.3 Å². The highest BCUT2D eigenvalue weighted by atomic mass is 16.1. The molecular formula is C18H19N5O2. The summed E-state index contributed by atoms with van der Waals surface area (Å²) in [5.41, 5.74) is 1.95. The molecule has 0 unspecified atom stereocenters. The lowest BCUT2D eigenvalue weighted by Gasteiger charge is -2.11. The van der Waals surface area contributed by atoms with Crippen molar-refractivity contribution >= 4 is 34.3 Å². The zero-order chi connectivity index (χ0) is 17.8. The summed E-state index contributed by atoms with van der Waals surface area (Å²) in [5, 5.41) is 6.65. The van der Waals surface area contributed by atoms with Gasteiger partial charge in [0.1, 0.15) is 5.65 Å². The number of hydrogen-bond donors (Lipinski definition) is 2. The number of anilines is 3. The molecule has 0 aliphatic carbocycles. The number of nitrogens with zero attached hydrogens (tertiary/aromatic N) is 3. The number of carbonyl (C=O) groups excluding carboxylic acids is 1. The minimum Gasteiger partial charge on any atom is -0.326 e. The van der Waals surface area contributed by atoms with Gasteiger partial charge in [0.25, 0.3) is 5.56 Å². The van der Waals surface area contributed by atoms with E-state index < -0.39 is 0 Å². The van der Waals surface area contributed by atoms with Gasteiger partial charge in [0, 0.05) is 42.5 Å². The van der Waals surface area contributed by atoms with E-state index in [9.17, 15) is 9.59 Å². The Bertz CT molecular complexity index is 981. The molecule has 2 aromatic heterocycles. The maximum absolute atomic E-state index is 12.1. The summed E-state index contributed by atoms with van der Waals surface area (Å²) >= 11 is 0. The van der Waals surface area contributed by atoms with E-state index in [1.807, 2.05) is 19.1 Å². The van der Waals surface area contributed by atoms with Gasteiger partial charge in [-0.2, -0.15) is 4.98 Å². The van der Waals surface area contributed by atoms with Crippen LogP contribution >= 0.6 is 0 Å². The quantitative estimate of drug-likeness (QED) is 0.747. The van der Waals surface area contributed by atoms with Crippen molar-refractivity contribution in [2.24, 2.45) is 0 Å². The fourth-order valence-corrected chi connectivity index (χ4v) is 2.58. The molecule has 2 heterocycles. The number of carbonyl (C=O) groups is 1. The van der Waals surface area contributed by atoms with Crippen molar-refractivity contribution in [1.82, 2.24) is 14.5 Å². The van der Waals surface area contributed by atoms with E-state index in [1.54, 1.807) is 29.0 Å². The van der Waals surface area contributed by atoms with Crippen molar-refractivity contribution in [3.63, 3.8) is 0 Å². The summed E-state index contributed by atoms with van der Waals surface area (Å²) in [6.07, 6.45) is 2.53. The van der Waals surface area contributed by atoms with Gasteiger partial charge in [-0.3, -0.25) is 14.2 Å². The number of fused-ring (bicyclic) bond motifs is 1. The number of hydrogen-bond acceptors (Lipinski definition) is 5. The second-order valence-electron chi connectivity index (χ2n) is 5.68. The molecule has 2 N–H and O–H groups in total. The van der Waals surface area contributed by atoms with Crippen LogP contribution in [0.3, 0.4) is 0 Å². The van der Waals surface area contributed by atoms with Crippen LogP contribution in [0.15, 0.2) is 47.4 Å². The van der Waals surface area contributed by atoms with Gasteiger partial charge in [-0.15, -0.1) is 0 Å². The third-order valence-corrected chi connectivity index (χ3v) is 3.61. The first-order valence-electron chi connectivity index (χ1n) is 8.08. The first-order valence-corrected chi connectivity index (χ1v) is 8.08. The Morgan fingerprint density at radius 1 is 1.20 bits per heavy atom. The van der Waals surface area contributed by atoms with E-state index in [0.717, 1.165) is 17.5 Å². The average molecular weight is 337 g/mol. The lowest BCUT2D eigenvalue weighted by atomic mass is 10.2. The number of aryl methyl sites for hydroxylation is 1. The number of amides is 1. The van der Waals surface area contributed by atoms with E-state index in [-0.39, 0.29) is 11.5 Å². The van der Waals surface area contributed by atoms with Gasteiger partial charge in [-0.25, -0.2) is 4.98 Å². The molecule has 0 atom stereocenters. The Kier molecular flexibility index (Phi) is 4.74. The van der Waals surface area contributed by atoms with Gasteiger partial charge in [0.15, 0.2) is 0 Å². The number of aromatic nitrogens is 3. The van der Waals surface area contributed by atoms with Gasteiger partial charge >= 0.3 is 0 Å². The molecule has 0 saturated carbocycles. The largest absolute Gasteiger partial charge is 0.326 e. The first-order chi connectivity index (χ1) is 12.1. The molecule has 0 spiro atoms. The monoisotopic (exact) mass is 337 g/mol. The van der Waals surface area contributed by atoms with Crippen molar-refractivity contribution in [2.75, 3.05) is 10.6 Å². The molecule has 3 aromatic rings. The van der Waals surface area contributed by atoms with Crippen LogP contribution in [0, 0.1) is 0 Å². The molecular weight excluding hydrogens is 318 g/mol. The van der Waals surface area contributed by atoms with Gasteiger partial charge < -0.3 is 10.6 Å². The molecule has 7 heteroatoms. The van der Waals surface area contributed by atoms with Crippen molar-refractivity contribution in [1.29, 1.82) is 0 Å². The van der Waals surface area contributed by atoms with Crippen LogP contribution in [0.1, 0.15) is 20.3 Å².